The van der Waals surface area contributed by atoms with E-state index >= 15 is 0 Å². The highest BCUT2D eigenvalue weighted by Gasteiger charge is 2.24. The number of piperidine rings is 1. The summed E-state index contributed by atoms with van der Waals surface area (Å²) in [7, 11) is 0. The van der Waals surface area contributed by atoms with Crippen LogP contribution in [0.25, 0.3) is 0 Å². The van der Waals surface area contributed by atoms with Crippen LogP contribution in [0.4, 0.5) is 11.6 Å². The van der Waals surface area contributed by atoms with Crippen LogP contribution in [0.5, 0.6) is 0 Å². The molecule has 4 heteroatoms. The van der Waals surface area contributed by atoms with E-state index in [0.29, 0.717) is 0 Å². The normalized spacial score (nSPS) is 23.5. The highest BCUT2D eigenvalue weighted by atomic mass is 15.2. The molecule has 1 aromatic rings. The van der Waals surface area contributed by atoms with Crippen molar-refractivity contribution in [2.24, 2.45) is 11.8 Å². The summed E-state index contributed by atoms with van der Waals surface area (Å²) in [6, 6.07) is 0. The van der Waals surface area contributed by atoms with Gasteiger partial charge in [0.2, 0.25) is 0 Å². The molecule has 1 aliphatic heterocycles. The fraction of sp³-hybridized carbons (Fsp3) is 0.733. The number of rotatable bonds is 4. The largest absolute Gasteiger partial charge is 0.370 e. The number of hydrogen-bond acceptors (Lipinski definition) is 4. The molecular weight excluding hydrogens is 236 g/mol. The summed E-state index contributed by atoms with van der Waals surface area (Å²) >= 11 is 0. The average Bonchev–Trinajstić information content (AvgIpc) is 2.36. The van der Waals surface area contributed by atoms with Crippen LogP contribution in [0.15, 0.2) is 6.33 Å². The monoisotopic (exact) mass is 262 g/mol. The van der Waals surface area contributed by atoms with E-state index in [1.54, 1.807) is 6.33 Å². The number of anilines is 2. The highest BCUT2D eigenvalue weighted by molar-refractivity contribution is 5.58. The Morgan fingerprint density at radius 3 is 2.58 bits per heavy atom. The van der Waals surface area contributed by atoms with Gasteiger partial charge in [-0.3, -0.25) is 0 Å². The minimum Gasteiger partial charge on any atom is -0.370 e. The fourth-order valence-electron chi connectivity index (χ4n) is 3.02. The first-order valence-corrected chi connectivity index (χ1v) is 7.42. The SMILES string of the molecule is CCCNc1ncnc(N2CC(C)CC(C)C2)c1C. The molecule has 0 saturated carbocycles. The van der Waals surface area contributed by atoms with E-state index in [0.717, 1.165) is 49.5 Å². The van der Waals surface area contributed by atoms with Gasteiger partial charge in [-0.1, -0.05) is 20.8 Å². The topological polar surface area (TPSA) is 41.1 Å². The van der Waals surface area contributed by atoms with Crippen LogP contribution in [-0.4, -0.2) is 29.6 Å². The number of nitrogens with one attached hydrogen (secondary N) is 1. The quantitative estimate of drug-likeness (QED) is 0.905. The molecule has 2 rings (SSSR count). The third kappa shape index (κ3) is 3.37. The molecule has 0 amide bonds. The van der Waals surface area contributed by atoms with Crippen molar-refractivity contribution in [2.75, 3.05) is 29.9 Å². The molecule has 0 spiro atoms. The first-order chi connectivity index (χ1) is 9.11. The Bertz CT molecular complexity index is 409. The molecule has 1 aliphatic rings. The number of aromatic nitrogens is 2. The Morgan fingerprint density at radius 2 is 1.95 bits per heavy atom. The van der Waals surface area contributed by atoms with Gasteiger partial charge in [-0.15, -0.1) is 0 Å². The van der Waals surface area contributed by atoms with E-state index in [1.807, 2.05) is 0 Å². The Balaban J connectivity index is 2.19. The van der Waals surface area contributed by atoms with E-state index < -0.39 is 0 Å². The van der Waals surface area contributed by atoms with Crippen LogP contribution in [0.3, 0.4) is 0 Å². The van der Waals surface area contributed by atoms with E-state index in [4.69, 9.17) is 0 Å². The summed E-state index contributed by atoms with van der Waals surface area (Å²) in [4.78, 5) is 11.3. The van der Waals surface area contributed by atoms with Crippen LogP contribution < -0.4 is 10.2 Å². The molecule has 0 aliphatic carbocycles. The zero-order valence-electron chi connectivity index (χ0n) is 12.6. The molecule has 1 aromatic heterocycles. The zero-order chi connectivity index (χ0) is 13.8. The maximum absolute atomic E-state index is 4.51. The molecule has 1 fully saturated rings. The van der Waals surface area contributed by atoms with E-state index in [-0.39, 0.29) is 0 Å². The smallest absolute Gasteiger partial charge is 0.137 e. The zero-order valence-corrected chi connectivity index (χ0v) is 12.6. The Labute approximate surface area is 116 Å². The molecule has 0 bridgehead atoms. The predicted molar refractivity (Wildman–Crippen MR) is 80.7 cm³/mol. The van der Waals surface area contributed by atoms with Crippen LogP contribution >= 0.6 is 0 Å². The first-order valence-electron chi connectivity index (χ1n) is 7.42. The van der Waals surface area contributed by atoms with Gasteiger partial charge >= 0.3 is 0 Å². The standard InChI is InChI=1S/C15H26N4/c1-5-6-16-14-13(4)15(18-10-17-14)19-8-11(2)7-12(3)9-19/h10-12H,5-9H2,1-4H3,(H,16,17,18). The van der Waals surface area contributed by atoms with Crippen molar-refractivity contribution in [2.45, 2.75) is 40.5 Å². The van der Waals surface area contributed by atoms with Crippen molar-refractivity contribution in [3.05, 3.63) is 11.9 Å². The van der Waals surface area contributed by atoms with Crippen molar-refractivity contribution < 1.29 is 0 Å². The molecule has 106 valence electrons. The van der Waals surface area contributed by atoms with Crippen LogP contribution in [0, 0.1) is 18.8 Å². The molecule has 0 aromatic carbocycles. The van der Waals surface area contributed by atoms with Gasteiger partial charge in [0.25, 0.3) is 0 Å². The summed E-state index contributed by atoms with van der Waals surface area (Å²) in [6.45, 7) is 12.1. The fourth-order valence-corrected chi connectivity index (χ4v) is 3.02. The van der Waals surface area contributed by atoms with Gasteiger partial charge in [-0.25, -0.2) is 9.97 Å². The van der Waals surface area contributed by atoms with Gasteiger partial charge in [0.15, 0.2) is 0 Å². The highest BCUT2D eigenvalue weighted by Crippen LogP contribution is 2.28. The second-order valence-electron chi connectivity index (χ2n) is 5.95. The van der Waals surface area contributed by atoms with Gasteiger partial charge in [-0.05, 0) is 31.6 Å². The third-order valence-corrected chi connectivity index (χ3v) is 3.77. The Hall–Kier alpha value is -1.32. The van der Waals surface area contributed by atoms with Gasteiger partial charge in [0, 0.05) is 25.2 Å². The molecule has 1 N–H and O–H groups in total. The van der Waals surface area contributed by atoms with Crippen molar-refractivity contribution in [3.8, 4) is 0 Å². The summed E-state index contributed by atoms with van der Waals surface area (Å²) in [5.74, 6) is 3.57. The summed E-state index contributed by atoms with van der Waals surface area (Å²) in [5, 5.41) is 3.39. The molecule has 2 heterocycles. The lowest BCUT2D eigenvalue weighted by Crippen LogP contribution is -2.39. The average molecular weight is 262 g/mol. The lowest BCUT2D eigenvalue weighted by atomic mass is 9.92. The third-order valence-electron chi connectivity index (χ3n) is 3.77. The van der Waals surface area contributed by atoms with Gasteiger partial charge in [0.05, 0.1) is 0 Å². The van der Waals surface area contributed by atoms with Crippen LogP contribution in [-0.2, 0) is 0 Å². The van der Waals surface area contributed by atoms with Gasteiger partial charge in [-0.2, -0.15) is 0 Å². The predicted octanol–water partition coefficient (Wildman–Crippen LogP) is 3.09. The molecular formula is C15H26N4. The molecule has 2 atom stereocenters. The lowest BCUT2D eigenvalue weighted by Gasteiger charge is -2.36. The molecule has 19 heavy (non-hydrogen) atoms. The van der Waals surface area contributed by atoms with Gasteiger partial charge in [0.1, 0.15) is 18.0 Å². The van der Waals surface area contributed by atoms with Crippen LogP contribution in [0.2, 0.25) is 0 Å². The minimum atomic E-state index is 0.741. The molecule has 0 radical (unpaired) electrons. The number of hydrogen-bond donors (Lipinski definition) is 1. The summed E-state index contributed by atoms with van der Waals surface area (Å²) in [5.41, 5.74) is 1.18. The van der Waals surface area contributed by atoms with Crippen molar-refractivity contribution in [1.82, 2.24) is 9.97 Å². The van der Waals surface area contributed by atoms with E-state index in [1.165, 1.54) is 12.0 Å². The van der Waals surface area contributed by atoms with Crippen molar-refractivity contribution in [1.29, 1.82) is 0 Å². The maximum Gasteiger partial charge on any atom is 0.137 e. The summed E-state index contributed by atoms with van der Waals surface area (Å²) < 4.78 is 0. The Morgan fingerprint density at radius 1 is 1.26 bits per heavy atom. The summed E-state index contributed by atoms with van der Waals surface area (Å²) in [6.07, 6.45) is 4.11. The maximum atomic E-state index is 4.51. The number of nitrogens with zero attached hydrogens (tertiary/aromatic N) is 3. The second kappa shape index (κ2) is 6.22. The van der Waals surface area contributed by atoms with Crippen molar-refractivity contribution in [3.63, 3.8) is 0 Å². The second-order valence-corrected chi connectivity index (χ2v) is 5.95. The van der Waals surface area contributed by atoms with E-state index in [9.17, 15) is 0 Å². The van der Waals surface area contributed by atoms with Gasteiger partial charge < -0.3 is 10.2 Å². The molecule has 4 nitrogen and oxygen atoms in total. The van der Waals surface area contributed by atoms with Crippen LogP contribution in [0.1, 0.15) is 39.2 Å². The van der Waals surface area contributed by atoms with Crippen molar-refractivity contribution >= 4 is 11.6 Å². The Kier molecular flexibility index (Phi) is 4.61. The first kappa shape index (κ1) is 14.1. The molecule has 2 unspecified atom stereocenters. The van der Waals surface area contributed by atoms with E-state index in [2.05, 4.69) is 47.9 Å². The molecule has 1 saturated heterocycles. The lowest BCUT2D eigenvalue weighted by molar-refractivity contribution is 0.355. The minimum absolute atomic E-state index is 0.741.